The molecule has 0 saturated heterocycles. The molecule has 92 valence electrons. The van der Waals surface area contributed by atoms with Crippen LogP contribution >= 0.6 is 0 Å². The van der Waals surface area contributed by atoms with Crippen LogP contribution in [-0.2, 0) is 13.6 Å². The van der Waals surface area contributed by atoms with E-state index in [1.165, 1.54) is 10.5 Å². The summed E-state index contributed by atoms with van der Waals surface area (Å²) < 4.78 is 3.28. The Balaban J connectivity index is 2.25. The highest BCUT2D eigenvalue weighted by Gasteiger charge is 2.10. The Bertz CT molecular complexity index is 765. The first-order valence-electron chi connectivity index (χ1n) is 5.48. The van der Waals surface area contributed by atoms with E-state index in [0.717, 1.165) is 5.56 Å². The maximum absolute atomic E-state index is 12.0. The molecular formula is C11H12N6O. The van der Waals surface area contributed by atoms with Gasteiger partial charge in [-0.25, -0.2) is 14.5 Å². The normalized spacial score (nSPS) is 11.2. The summed E-state index contributed by atoms with van der Waals surface area (Å²) in [7, 11) is 1.91. The summed E-state index contributed by atoms with van der Waals surface area (Å²) in [4.78, 5) is 16.4. The number of aromatic nitrogens is 5. The van der Waals surface area contributed by atoms with Crippen LogP contribution < -0.4 is 11.3 Å². The highest BCUT2D eigenvalue weighted by Crippen LogP contribution is 2.15. The average Bonchev–Trinajstić information content (AvgIpc) is 2.95. The maximum atomic E-state index is 12.0. The summed E-state index contributed by atoms with van der Waals surface area (Å²) in [6.45, 7) is 0.187. The summed E-state index contributed by atoms with van der Waals surface area (Å²) in [5.74, 6) is 0.879. The Hall–Kier alpha value is -2.41. The van der Waals surface area contributed by atoms with E-state index in [-0.39, 0.29) is 12.1 Å². The molecule has 7 heteroatoms. The highest BCUT2D eigenvalue weighted by molar-refractivity contribution is 5.59. The molecule has 3 rings (SSSR count). The van der Waals surface area contributed by atoms with Gasteiger partial charge in [0.15, 0.2) is 5.82 Å². The van der Waals surface area contributed by atoms with Gasteiger partial charge in [0.2, 0.25) is 5.78 Å². The number of nitrogens with zero attached hydrogens (tertiary/aromatic N) is 4. The number of rotatable bonds is 2. The summed E-state index contributed by atoms with van der Waals surface area (Å²) >= 11 is 0. The van der Waals surface area contributed by atoms with Crippen molar-refractivity contribution < 1.29 is 0 Å². The molecule has 3 heterocycles. The van der Waals surface area contributed by atoms with Crippen LogP contribution in [0, 0.1) is 0 Å². The second kappa shape index (κ2) is 3.81. The maximum Gasteiger partial charge on any atom is 0.261 e. The molecule has 0 fully saturated rings. The van der Waals surface area contributed by atoms with Gasteiger partial charge in [0, 0.05) is 31.1 Å². The zero-order chi connectivity index (χ0) is 12.7. The minimum Gasteiger partial charge on any atom is -0.357 e. The smallest absolute Gasteiger partial charge is 0.261 e. The van der Waals surface area contributed by atoms with Crippen LogP contribution in [-0.4, -0.2) is 24.1 Å². The van der Waals surface area contributed by atoms with Gasteiger partial charge in [-0.15, -0.1) is 0 Å². The number of nitrogens with one attached hydrogen (secondary N) is 1. The fraction of sp³-hybridized carbons (Fsp3) is 0.182. The van der Waals surface area contributed by atoms with Crippen molar-refractivity contribution in [3.8, 4) is 11.3 Å². The van der Waals surface area contributed by atoms with Crippen molar-refractivity contribution in [3.63, 3.8) is 0 Å². The molecule has 0 amide bonds. The summed E-state index contributed by atoms with van der Waals surface area (Å²) in [6.07, 6.45) is 3.80. The summed E-state index contributed by atoms with van der Waals surface area (Å²) in [5.41, 5.74) is 6.83. The topological polar surface area (TPSA) is 94.0 Å². The lowest BCUT2D eigenvalue weighted by atomic mass is 10.2. The lowest BCUT2D eigenvalue weighted by Gasteiger charge is -1.98. The summed E-state index contributed by atoms with van der Waals surface area (Å²) in [6, 6.07) is 3.38. The molecule has 3 aromatic heterocycles. The molecule has 0 aliphatic heterocycles. The summed E-state index contributed by atoms with van der Waals surface area (Å²) in [5, 5.41) is 6.67. The van der Waals surface area contributed by atoms with Crippen LogP contribution in [0.1, 0.15) is 5.82 Å². The van der Waals surface area contributed by atoms with Crippen LogP contribution in [0.15, 0.2) is 29.3 Å². The molecule has 0 aromatic carbocycles. The van der Waals surface area contributed by atoms with Crippen LogP contribution in [0.5, 0.6) is 0 Å². The number of aromatic amines is 1. The van der Waals surface area contributed by atoms with Crippen molar-refractivity contribution in [2.45, 2.75) is 6.54 Å². The molecule has 0 atom stereocenters. The Morgan fingerprint density at radius 1 is 1.50 bits per heavy atom. The zero-order valence-electron chi connectivity index (χ0n) is 9.79. The molecule has 18 heavy (non-hydrogen) atoms. The third-order valence-corrected chi connectivity index (χ3v) is 2.77. The average molecular weight is 244 g/mol. The van der Waals surface area contributed by atoms with Gasteiger partial charge in [-0.3, -0.25) is 4.79 Å². The molecule has 0 radical (unpaired) electrons. The molecule has 0 aliphatic rings. The van der Waals surface area contributed by atoms with Crippen molar-refractivity contribution in [1.82, 2.24) is 24.1 Å². The van der Waals surface area contributed by atoms with E-state index >= 15 is 0 Å². The number of aryl methyl sites for hydroxylation is 1. The predicted octanol–water partition coefficient (Wildman–Crippen LogP) is -0.118. The minimum absolute atomic E-state index is 0.187. The molecule has 3 aromatic rings. The number of nitrogens with two attached hydrogens (primary N) is 1. The van der Waals surface area contributed by atoms with Gasteiger partial charge < -0.3 is 10.3 Å². The third-order valence-electron chi connectivity index (χ3n) is 2.77. The largest absolute Gasteiger partial charge is 0.357 e. The lowest BCUT2D eigenvalue weighted by Crippen LogP contribution is -2.17. The van der Waals surface area contributed by atoms with Gasteiger partial charge in [-0.2, -0.15) is 5.10 Å². The van der Waals surface area contributed by atoms with Gasteiger partial charge in [-0.05, 0) is 6.07 Å². The number of hydrogen-bond donors (Lipinski definition) is 2. The Morgan fingerprint density at radius 2 is 2.33 bits per heavy atom. The van der Waals surface area contributed by atoms with Crippen molar-refractivity contribution in [1.29, 1.82) is 0 Å². The van der Waals surface area contributed by atoms with Crippen LogP contribution in [0.25, 0.3) is 17.0 Å². The molecule has 0 aliphatic carbocycles. The zero-order valence-corrected chi connectivity index (χ0v) is 9.79. The van der Waals surface area contributed by atoms with E-state index in [9.17, 15) is 4.79 Å². The molecule has 0 spiro atoms. The minimum atomic E-state index is -0.187. The van der Waals surface area contributed by atoms with Crippen LogP contribution in [0.4, 0.5) is 0 Å². The van der Waals surface area contributed by atoms with Crippen molar-refractivity contribution >= 4 is 5.78 Å². The second-order valence-electron chi connectivity index (χ2n) is 4.05. The Kier molecular flexibility index (Phi) is 2.27. The van der Waals surface area contributed by atoms with Crippen molar-refractivity contribution in [2.24, 2.45) is 12.8 Å². The Morgan fingerprint density at radius 3 is 3.00 bits per heavy atom. The molecule has 0 unspecified atom stereocenters. The number of hydrogen-bond acceptors (Lipinski definition) is 4. The van der Waals surface area contributed by atoms with Gasteiger partial charge in [0.25, 0.3) is 5.56 Å². The first kappa shape index (κ1) is 10.7. The van der Waals surface area contributed by atoms with Crippen molar-refractivity contribution in [2.75, 3.05) is 0 Å². The van der Waals surface area contributed by atoms with Gasteiger partial charge in [0.1, 0.15) is 0 Å². The quantitative estimate of drug-likeness (QED) is 0.657. The first-order chi connectivity index (χ1) is 8.69. The fourth-order valence-corrected chi connectivity index (χ4v) is 1.91. The van der Waals surface area contributed by atoms with Gasteiger partial charge >= 0.3 is 0 Å². The number of fused-ring (bicyclic) bond motifs is 1. The third kappa shape index (κ3) is 1.52. The predicted molar refractivity (Wildman–Crippen MR) is 65.9 cm³/mol. The number of H-pyrrole nitrogens is 1. The molecule has 3 N–H and O–H groups in total. The molecule has 7 nitrogen and oxygen atoms in total. The van der Waals surface area contributed by atoms with E-state index in [1.807, 2.05) is 30.1 Å². The van der Waals surface area contributed by atoms with Crippen molar-refractivity contribution in [3.05, 3.63) is 40.7 Å². The van der Waals surface area contributed by atoms with E-state index in [2.05, 4.69) is 15.2 Å². The standard InChI is InChI=1S/C11H12N6O/c1-16-3-2-7(6-16)8-4-10(18)17-9(5-12)14-15-11(17)13-8/h2-4,6H,5,12H2,1H3,(H,13,15). The van der Waals surface area contributed by atoms with Gasteiger partial charge in [0.05, 0.1) is 12.2 Å². The Labute approximate surface area is 102 Å². The monoisotopic (exact) mass is 244 g/mol. The van der Waals surface area contributed by atoms with Crippen LogP contribution in [0.2, 0.25) is 0 Å². The highest BCUT2D eigenvalue weighted by atomic mass is 16.1. The fourth-order valence-electron chi connectivity index (χ4n) is 1.91. The van der Waals surface area contributed by atoms with E-state index in [0.29, 0.717) is 17.3 Å². The lowest BCUT2D eigenvalue weighted by molar-refractivity contribution is 0.866. The van der Waals surface area contributed by atoms with E-state index in [1.54, 1.807) is 0 Å². The first-order valence-corrected chi connectivity index (χ1v) is 5.48. The van der Waals surface area contributed by atoms with E-state index in [4.69, 9.17) is 5.73 Å². The van der Waals surface area contributed by atoms with Crippen LogP contribution in [0.3, 0.4) is 0 Å². The molecule has 0 saturated carbocycles. The SMILES string of the molecule is Cn1ccc(-c2cc(=O)n3c(CN)n[nH]c3n2)c1. The second-order valence-corrected chi connectivity index (χ2v) is 4.05. The molecule has 0 bridgehead atoms. The molecular weight excluding hydrogens is 232 g/mol. The van der Waals surface area contributed by atoms with E-state index < -0.39 is 0 Å². The van der Waals surface area contributed by atoms with Gasteiger partial charge in [-0.1, -0.05) is 0 Å².